The number of nitrogens with one attached hydrogen (secondary N) is 1. The van der Waals surface area contributed by atoms with Crippen molar-refractivity contribution in [3.8, 4) is 0 Å². The minimum atomic E-state index is 0.551. The van der Waals surface area contributed by atoms with Gasteiger partial charge in [-0.15, -0.1) is 0 Å². The molecule has 0 aliphatic carbocycles. The number of pyridine rings is 1. The number of anilines is 1. The second-order valence-corrected chi connectivity index (χ2v) is 6.88. The molecular weight excluding hydrogens is 272 g/mol. The Balaban J connectivity index is 1.35. The number of piperidine rings is 1. The van der Waals surface area contributed by atoms with Gasteiger partial charge in [-0.05, 0) is 48.9 Å². The van der Waals surface area contributed by atoms with Gasteiger partial charge in [0.15, 0.2) is 0 Å². The summed E-state index contributed by atoms with van der Waals surface area (Å²) in [5.41, 5.74) is 3.24. The van der Waals surface area contributed by atoms with E-state index in [9.17, 15) is 0 Å². The van der Waals surface area contributed by atoms with Crippen LogP contribution in [-0.2, 0) is 6.54 Å². The molecule has 4 heterocycles. The lowest BCUT2D eigenvalue weighted by atomic mass is 9.77. The van der Waals surface area contributed by atoms with Crippen molar-refractivity contribution in [3.63, 3.8) is 0 Å². The van der Waals surface area contributed by atoms with E-state index in [-0.39, 0.29) is 0 Å². The largest absolute Gasteiger partial charge is 0.370 e. The Hall–Kier alpha value is -1.81. The molecule has 1 spiro atoms. The van der Waals surface area contributed by atoms with Gasteiger partial charge < -0.3 is 9.88 Å². The average molecular weight is 296 g/mol. The molecule has 0 aromatic carbocycles. The zero-order valence-corrected chi connectivity index (χ0v) is 13.0. The summed E-state index contributed by atoms with van der Waals surface area (Å²) >= 11 is 0. The number of likely N-dealkylation sites (tertiary alicyclic amines) is 1. The van der Waals surface area contributed by atoms with Crippen molar-refractivity contribution in [3.05, 3.63) is 48.5 Å². The summed E-state index contributed by atoms with van der Waals surface area (Å²) < 4.78 is 0. The van der Waals surface area contributed by atoms with Crippen molar-refractivity contribution >= 4 is 5.69 Å². The van der Waals surface area contributed by atoms with Crippen LogP contribution in [0.25, 0.3) is 0 Å². The van der Waals surface area contributed by atoms with Gasteiger partial charge in [-0.2, -0.15) is 0 Å². The maximum Gasteiger partial charge on any atom is 0.0543 e. The molecule has 2 aliphatic rings. The highest BCUT2D eigenvalue weighted by atomic mass is 15.2. The summed E-state index contributed by atoms with van der Waals surface area (Å²) in [4.78, 5) is 12.5. The average Bonchev–Trinajstić information content (AvgIpc) is 3.21. The quantitative estimate of drug-likeness (QED) is 0.946. The second kappa shape index (κ2) is 5.76. The molecule has 2 aliphatic heterocycles. The first-order valence-electron chi connectivity index (χ1n) is 8.32. The molecule has 0 bridgehead atoms. The summed E-state index contributed by atoms with van der Waals surface area (Å²) in [6.45, 7) is 5.93. The fourth-order valence-corrected chi connectivity index (χ4v) is 4.07. The lowest BCUT2D eigenvalue weighted by Crippen LogP contribution is -2.41. The Kier molecular flexibility index (Phi) is 3.62. The van der Waals surface area contributed by atoms with Gasteiger partial charge in [0.1, 0.15) is 0 Å². The van der Waals surface area contributed by atoms with Gasteiger partial charge in [-0.1, -0.05) is 6.07 Å². The number of H-pyrrole nitrogens is 1. The minimum Gasteiger partial charge on any atom is -0.370 e. The molecule has 4 rings (SSSR count). The molecule has 4 nitrogen and oxygen atoms in total. The van der Waals surface area contributed by atoms with Crippen molar-refractivity contribution in [1.82, 2.24) is 14.9 Å². The third kappa shape index (κ3) is 2.75. The van der Waals surface area contributed by atoms with E-state index in [1.165, 1.54) is 56.7 Å². The third-order valence-corrected chi connectivity index (χ3v) is 5.42. The molecule has 0 atom stereocenters. The Morgan fingerprint density at radius 3 is 2.73 bits per heavy atom. The highest BCUT2D eigenvalue weighted by molar-refractivity contribution is 5.44. The first-order chi connectivity index (χ1) is 10.8. The number of hydrogen-bond donors (Lipinski definition) is 1. The zero-order chi connectivity index (χ0) is 14.8. The lowest BCUT2D eigenvalue weighted by molar-refractivity contribution is 0.206. The summed E-state index contributed by atoms with van der Waals surface area (Å²) in [5.74, 6) is 0. The molecule has 1 N–H and O–H groups in total. The summed E-state index contributed by atoms with van der Waals surface area (Å²) in [6, 6.07) is 6.41. The molecular formula is C18H24N4. The van der Waals surface area contributed by atoms with Crippen molar-refractivity contribution in [2.75, 3.05) is 31.1 Å². The van der Waals surface area contributed by atoms with E-state index < -0.39 is 0 Å². The SMILES string of the molecule is c1cncc(CN2CCC3(CCN(c4cc[nH]c4)CC3)C2)c1. The molecule has 2 fully saturated rings. The smallest absolute Gasteiger partial charge is 0.0543 e. The van der Waals surface area contributed by atoms with Crippen molar-refractivity contribution in [2.45, 2.75) is 25.8 Å². The molecule has 2 saturated heterocycles. The highest BCUT2D eigenvalue weighted by Gasteiger charge is 2.40. The van der Waals surface area contributed by atoms with Crippen LogP contribution < -0.4 is 4.90 Å². The van der Waals surface area contributed by atoms with Crippen LogP contribution in [0.3, 0.4) is 0 Å². The maximum absolute atomic E-state index is 4.23. The number of rotatable bonds is 3. The van der Waals surface area contributed by atoms with E-state index >= 15 is 0 Å². The van der Waals surface area contributed by atoms with Crippen LogP contribution in [0, 0.1) is 5.41 Å². The van der Waals surface area contributed by atoms with Crippen molar-refractivity contribution in [1.29, 1.82) is 0 Å². The van der Waals surface area contributed by atoms with Crippen LogP contribution in [0.5, 0.6) is 0 Å². The molecule has 22 heavy (non-hydrogen) atoms. The number of hydrogen-bond acceptors (Lipinski definition) is 3. The fourth-order valence-electron chi connectivity index (χ4n) is 4.07. The van der Waals surface area contributed by atoms with Gasteiger partial charge >= 0.3 is 0 Å². The van der Waals surface area contributed by atoms with E-state index in [0.717, 1.165) is 6.54 Å². The van der Waals surface area contributed by atoms with E-state index in [1.807, 2.05) is 24.7 Å². The first kappa shape index (κ1) is 13.8. The van der Waals surface area contributed by atoms with E-state index in [1.54, 1.807) is 0 Å². The Labute approximate surface area is 132 Å². The lowest BCUT2D eigenvalue weighted by Gasteiger charge is -2.40. The number of aromatic amines is 1. The molecule has 0 amide bonds. The molecule has 0 radical (unpaired) electrons. The molecule has 0 saturated carbocycles. The summed E-state index contributed by atoms with van der Waals surface area (Å²) in [7, 11) is 0. The molecule has 116 valence electrons. The predicted octanol–water partition coefficient (Wildman–Crippen LogP) is 2.90. The van der Waals surface area contributed by atoms with Gasteiger partial charge in [0.2, 0.25) is 0 Å². The van der Waals surface area contributed by atoms with Gasteiger partial charge in [0.05, 0.1) is 5.69 Å². The summed E-state index contributed by atoms with van der Waals surface area (Å²) in [5, 5.41) is 0. The molecule has 0 unspecified atom stereocenters. The first-order valence-corrected chi connectivity index (χ1v) is 8.32. The second-order valence-electron chi connectivity index (χ2n) is 6.88. The van der Waals surface area contributed by atoms with E-state index in [2.05, 4.69) is 38.1 Å². The molecule has 4 heteroatoms. The van der Waals surface area contributed by atoms with Crippen LogP contribution in [0.1, 0.15) is 24.8 Å². The monoisotopic (exact) mass is 296 g/mol. The van der Waals surface area contributed by atoms with Crippen LogP contribution in [0.15, 0.2) is 43.0 Å². The Morgan fingerprint density at radius 1 is 1.14 bits per heavy atom. The Bertz CT molecular complexity index is 585. The topological polar surface area (TPSA) is 35.2 Å². The molecule has 2 aromatic rings. The fraction of sp³-hybridized carbons (Fsp3) is 0.500. The minimum absolute atomic E-state index is 0.551. The van der Waals surface area contributed by atoms with Gasteiger partial charge in [-0.25, -0.2) is 0 Å². The van der Waals surface area contributed by atoms with Gasteiger partial charge in [0, 0.05) is 51.0 Å². The Morgan fingerprint density at radius 2 is 2.00 bits per heavy atom. The van der Waals surface area contributed by atoms with Gasteiger partial charge in [0.25, 0.3) is 0 Å². The van der Waals surface area contributed by atoms with Crippen molar-refractivity contribution < 1.29 is 0 Å². The standard InChI is InChI=1S/C18H24N4/c1-2-16(12-19-7-1)14-21-9-4-18(15-21)5-10-22(11-6-18)17-3-8-20-13-17/h1-3,7-8,12-13,20H,4-6,9-11,14-15H2. The highest BCUT2D eigenvalue weighted by Crippen LogP contribution is 2.41. The third-order valence-electron chi connectivity index (χ3n) is 5.42. The van der Waals surface area contributed by atoms with Crippen LogP contribution in [0.4, 0.5) is 5.69 Å². The van der Waals surface area contributed by atoms with Crippen LogP contribution in [0.2, 0.25) is 0 Å². The number of nitrogens with zero attached hydrogens (tertiary/aromatic N) is 3. The van der Waals surface area contributed by atoms with Crippen LogP contribution in [-0.4, -0.2) is 41.0 Å². The van der Waals surface area contributed by atoms with Crippen LogP contribution >= 0.6 is 0 Å². The number of aromatic nitrogens is 2. The zero-order valence-electron chi connectivity index (χ0n) is 13.0. The predicted molar refractivity (Wildman–Crippen MR) is 88.8 cm³/mol. The van der Waals surface area contributed by atoms with E-state index in [0.29, 0.717) is 5.41 Å². The normalized spacial score (nSPS) is 21.5. The van der Waals surface area contributed by atoms with E-state index in [4.69, 9.17) is 0 Å². The summed E-state index contributed by atoms with van der Waals surface area (Å²) in [6.07, 6.45) is 12.0. The van der Waals surface area contributed by atoms with Crippen molar-refractivity contribution in [2.24, 2.45) is 5.41 Å². The molecule has 2 aromatic heterocycles. The van der Waals surface area contributed by atoms with Gasteiger partial charge in [-0.3, -0.25) is 9.88 Å². The maximum atomic E-state index is 4.23.